The Balaban J connectivity index is 1.61. The van der Waals surface area contributed by atoms with Gasteiger partial charge in [-0.05, 0) is 48.9 Å². The highest BCUT2D eigenvalue weighted by Crippen LogP contribution is 2.35. The normalized spacial score (nSPS) is 15.3. The largest absolute Gasteiger partial charge is 0.460 e. The molecular weight excluding hydrogens is 583 g/mol. The van der Waals surface area contributed by atoms with E-state index in [1.54, 1.807) is 67.6 Å². The zero-order valence-corrected chi connectivity index (χ0v) is 23.8. The molecule has 0 fully saturated rings. The minimum Gasteiger partial charge on any atom is -0.460 e. The number of fused-ring (bicyclic) bond motifs is 1. The second kappa shape index (κ2) is 11.5. The summed E-state index contributed by atoms with van der Waals surface area (Å²) in [6.45, 7) is 2.01. The fourth-order valence-corrected chi connectivity index (χ4v) is 6.03. The summed E-state index contributed by atoms with van der Waals surface area (Å²) >= 11 is 20.1. The molecule has 0 aliphatic carbocycles. The Morgan fingerprint density at radius 1 is 1.10 bits per heavy atom. The quantitative estimate of drug-likeness (QED) is 0.202. The van der Waals surface area contributed by atoms with Crippen molar-refractivity contribution in [3.63, 3.8) is 0 Å². The highest BCUT2D eigenvalue weighted by atomic mass is 35.5. The monoisotopic (exact) mass is 602 g/mol. The lowest BCUT2D eigenvalue weighted by atomic mass is 9.96. The molecule has 1 aliphatic heterocycles. The third-order valence-corrected chi connectivity index (χ3v) is 7.93. The number of thiazole rings is 1. The van der Waals surface area contributed by atoms with E-state index in [2.05, 4.69) is 4.99 Å². The molecule has 5 rings (SSSR count). The highest BCUT2D eigenvalue weighted by molar-refractivity contribution is 7.07. The predicted molar refractivity (Wildman–Crippen MR) is 152 cm³/mol. The molecule has 3 heterocycles. The maximum absolute atomic E-state index is 13.8. The molecule has 0 radical (unpaired) electrons. The SMILES string of the molecule is COCCOC(=O)C1=C(C)N=c2s/c(=C/c3ccc(-c4ccc(Cl)cc4Cl)o3)c(=O)n2[C@H]1c1ccccc1Cl. The zero-order chi connectivity index (χ0) is 27.7. The number of hydrogen-bond acceptors (Lipinski definition) is 7. The zero-order valence-electron chi connectivity index (χ0n) is 20.7. The van der Waals surface area contributed by atoms with Crippen molar-refractivity contribution in [3.8, 4) is 11.3 Å². The summed E-state index contributed by atoms with van der Waals surface area (Å²) in [5.74, 6) is 0.384. The van der Waals surface area contributed by atoms with E-state index < -0.39 is 12.0 Å². The summed E-state index contributed by atoms with van der Waals surface area (Å²) in [5, 5.41) is 1.37. The Morgan fingerprint density at radius 2 is 1.90 bits per heavy atom. The van der Waals surface area contributed by atoms with E-state index in [4.69, 9.17) is 48.7 Å². The van der Waals surface area contributed by atoms with E-state index in [1.165, 1.54) is 23.0 Å². The van der Waals surface area contributed by atoms with Crippen molar-refractivity contribution < 1.29 is 18.7 Å². The van der Waals surface area contributed by atoms with Crippen LogP contribution in [0.5, 0.6) is 0 Å². The third-order valence-electron chi connectivity index (χ3n) is 6.06. The number of rotatable bonds is 7. The molecule has 0 spiro atoms. The van der Waals surface area contributed by atoms with E-state index >= 15 is 0 Å². The molecule has 0 N–H and O–H groups in total. The molecule has 200 valence electrons. The maximum atomic E-state index is 13.8. The van der Waals surface area contributed by atoms with Crippen LogP contribution in [0.15, 0.2) is 80.1 Å². The highest BCUT2D eigenvalue weighted by Gasteiger charge is 2.34. The van der Waals surface area contributed by atoms with Crippen molar-refractivity contribution in [1.29, 1.82) is 0 Å². The van der Waals surface area contributed by atoms with Gasteiger partial charge in [-0.2, -0.15) is 0 Å². The van der Waals surface area contributed by atoms with E-state index in [9.17, 15) is 9.59 Å². The van der Waals surface area contributed by atoms with Gasteiger partial charge in [0.25, 0.3) is 5.56 Å². The molecule has 1 aliphatic rings. The van der Waals surface area contributed by atoms with Crippen LogP contribution in [0, 0.1) is 0 Å². The van der Waals surface area contributed by atoms with Crippen molar-refractivity contribution in [3.05, 3.63) is 112 Å². The van der Waals surface area contributed by atoms with Crippen molar-refractivity contribution in [2.45, 2.75) is 13.0 Å². The molecular formula is C28H21Cl3N2O5S. The van der Waals surface area contributed by atoms with Crippen LogP contribution in [-0.2, 0) is 14.3 Å². The minimum atomic E-state index is -0.827. The number of allylic oxidation sites excluding steroid dienone is 1. The van der Waals surface area contributed by atoms with Gasteiger partial charge in [-0.1, -0.05) is 64.3 Å². The second-order valence-corrected chi connectivity index (χ2v) is 10.8. The van der Waals surface area contributed by atoms with Gasteiger partial charge < -0.3 is 13.9 Å². The summed E-state index contributed by atoms with van der Waals surface area (Å²) < 4.78 is 18.2. The number of carbonyl (C=O) groups is 1. The number of carbonyl (C=O) groups excluding carboxylic acids is 1. The average molecular weight is 604 g/mol. The number of ether oxygens (including phenoxy) is 2. The molecule has 39 heavy (non-hydrogen) atoms. The molecule has 2 aromatic heterocycles. The van der Waals surface area contributed by atoms with E-state index in [0.717, 1.165) is 0 Å². The Morgan fingerprint density at radius 3 is 2.64 bits per heavy atom. The number of halogens is 3. The van der Waals surface area contributed by atoms with Gasteiger partial charge in [0.2, 0.25) is 0 Å². The van der Waals surface area contributed by atoms with E-state index in [1.807, 2.05) is 0 Å². The van der Waals surface area contributed by atoms with Crippen molar-refractivity contribution in [2.24, 2.45) is 4.99 Å². The lowest BCUT2D eigenvalue weighted by molar-refractivity contribution is -0.140. The van der Waals surface area contributed by atoms with Gasteiger partial charge >= 0.3 is 5.97 Å². The fourth-order valence-electron chi connectivity index (χ4n) is 4.26. The van der Waals surface area contributed by atoms with Crippen LogP contribution in [0.2, 0.25) is 15.1 Å². The Kier molecular flexibility index (Phi) is 8.11. The first-order valence-electron chi connectivity index (χ1n) is 11.8. The summed E-state index contributed by atoms with van der Waals surface area (Å²) in [4.78, 5) is 32.0. The molecule has 7 nitrogen and oxygen atoms in total. The van der Waals surface area contributed by atoms with Crippen molar-refractivity contribution in [2.75, 3.05) is 20.3 Å². The molecule has 0 unspecified atom stereocenters. The predicted octanol–water partition coefficient (Wildman–Crippen LogP) is 5.65. The van der Waals surface area contributed by atoms with Gasteiger partial charge in [-0.25, -0.2) is 9.79 Å². The van der Waals surface area contributed by atoms with Crippen LogP contribution in [0.3, 0.4) is 0 Å². The van der Waals surface area contributed by atoms with Crippen molar-refractivity contribution >= 4 is 58.2 Å². The van der Waals surface area contributed by atoms with Crippen LogP contribution >= 0.6 is 46.1 Å². The number of nitrogens with zero attached hydrogens (tertiary/aromatic N) is 2. The Hall–Kier alpha value is -3.14. The number of methoxy groups -OCH3 is 1. The first-order chi connectivity index (χ1) is 18.8. The van der Waals surface area contributed by atoms with Gasteiger partial charge in [-0.15, -0.1) is 0 Å². The van der Waals surface area contributed by atoms with Crippen LogP contribution in [0.4, 0.5) is 0 Å². The molecule has 0 bridgehead atoms. The Bertz CT molecular complexity index is 1790. The first kappa shape index (κ1) is 27.4. The number of benzene rings is 2. The molecule has 2 aromatic carbocycles. The summed E-state index contributed by atoms with van der Waals surface area (Å²) in [6.07, 6.45) is 1.64. The van der Waals surface area contributed by atoms with Crippen molar-refractivity contribution in [1.82, 2.24) is 4.57 Å². The lowest BCUT2D eigenvalue weighted by Crippen LogP contribution is -2.40. The van der Waals surface area contributed by atoms with E-state index in [-0.39, 0.29) is 24.3 Å². The van der Waals surface area contributed by atoms with Gasteiger partial charge in [0.15, 0.2) is 4.80 Å². The van der Waals surface area contributed by atoms with Gasteiger partial charge in [0, 0.05) is 28.8 Å². The molecule has 0 saturated heterocycles. The van der Waals surface area contributed by atoms with Crippen LogP contribution in [0.25, 0.3) is 17.4 Å². The number of hydrogen-bond donors (Lipinski definition) is 0. The molecule has 0 amide bonds. The van der Waals surface area contributed by atoms with Gasteiger partial charge in [-0.3, -0.25) is 9.36 Å². The smallest absolute Gasteiger partial charge is 0.338 e. The van der Waals surface area contributed by atoms with Crippen LogP contribution in [-0.4, -0.2) is 30.9 Å². The summed E-state index contributed by atoms with van der Waals surface area (Å²) in [7, 11) is 1.52. The van der Waals surface area contributed by atoms with Gasteiger partial charge in [0.1, 0.15) is 24.2 Å². The number of esters is 1. The Labute approximate surface area is 242 Å². The van der Waals surface area contributed by atoms with E-state index in [0.29, 0.717) is 52.7 Å². The number of aromatic nitrogens is 1. The van der Waals surface area contributed by atoms with Crippen LogP contribution < -0.4 is 14.9 Å². The molecule has 0 saturated carbocycles. The van der Waals surface area contributed by atoms with Gasteiger partial charge in [0.05, 0.1) is 27.4 Å². The molecule has 4 aromatic rings. The third kappa shape index (κ3) is 5.48. The minimum absolute atomic E-state index is 0.0598. The molecule has 1 atom stereocenters. The fraction of sp³-hybridized carbons (Fsp3) is 0.179. The number of furan rings is 1. The van der Waals surface area contributed by atoms with Crippen LogP contribution in [0.1, 0.15) is 24.3 Å². The maximum Gasteiger partial charge on any atom is 0.338 e. The summed E-state index contributed by atoms with van der Waals surface area (Å²) in [6, 6.07) is 14.9. The average Bonchev–Trinajstić information content (AvgIpc) is 3.48. The summed E-state index contributed by atoms with van der Waals surface area (Å²) in [5.41, 5.74) is 1.58. The standard InChI is InChI=1S/C28H21Cl3N2O5S/c1-15-24(27(35)37-12-11-36-2)25(19-5-3-4-6-20(19)30)33-26(34)23(39-28(33)32-15)14-17-8-10-22(38-17)18-9-7-16(29)13-21(18)31/h3-10,13-14,25H,11-12H2,1-2H3/b23-14+/t25-/m0/s1. The first-order valence-corrected chi connectivity index (χ1v) is 13.7. The molecule has 11 heteroatoms. The topological polar surface area (TPSA) is 83.0 Å². The lowest BCUT2D eigenvalue weighted by Gasteiger charge is -2.25. The second-order valence-electron chi connectivity index (χ2n) is 8.56.